The third kappa shape index (κ3) is 6.72. The molecule has 0 aromatic carbocycles. The van der Waals surface area contributed by atoms with Gasteiger partial charge in [0.2, 0.25) is 0 Å². The van der Waals surface area contributed by atoms with Crippen LogP contribution in [0.1, 0.15) is 25.3 Å². The zero-order valence-corrected chi connectivity index (χ0v) is 14.2. The number of hydrogen-bond acceptors (Lipinski definition) is 7. The third-order valence-corrected chi connectivity index (χ3v) is 3.19. The minimum atomic E-state index is 0.523. The van der Waals surface area contributed by atoms with Crippen LogP contribution in [0.5, 0.6) is 0 Å². The average Bonchev–Trinajstić information content (AvgIpc) is 2.55. The van der Waals surface area contributed by atoms with Gasteiger partial charge in [0, 0.05) is 39.9 Å². The van der Waals surface area contributed by atoms with E-state index in [9.17, 15) is 5.26 Å². The van der Waals surface area contributed by atoms with Crippen molar-refractivity contribution in [2.75, 3.05) is 63.0 Å². The van der Waals surface area contributed by atoms with E-state index in [2.05, 4.69) is 33.9 Å². The van der Waals surface area contributed by atoms with Crippen LogP contribution in [0.25, 0.3) is 0 Å². The van der Waals surface area contributed by atoms with Crippen LogP contribution in [0.3, 0.4) is 0 Å². The molecule has 0 radical (unpaired) electrons. The van der Waals surface area contributed by atoms with Crippen LogP contribution in [-0.2, 0) is 9.47 Å². The Kier molecular flexibility index (Phi) is 9.52. The van der Waals surface area contributed by atoms with E-state index in [1.165, 1.54) is 0 Å². The first-order valence-corrected chi connectivity index (χ1v) is 7.91. The van der Waals surface area contributed by atoms with Crippen molar-refractivity contribution in [3.05, 3.63) is 11.6 Å². The normalized spacial score (nSPS) is 10.2. The van der Waals surface area contributed by atoms with E-state index in [-0.39, 0.29) is 0 Å². The average molecular weight is 321 g/mol. The summed E-state index contributed by atoms with van der Waals surface area (Å²) in [5.41, 5.74) is 1.27. The van der Waals surface area contributed by atoms with Crippen LogP contribution in [0.4, 0.5) is 17.3 Å². The lowest BCUT2D eigenvalue weighted by Gasteiger charge is -2.15. The molecule has 23 heavy (non-hydrogen) atoms. The highest BCUT2D eigenvalue weighted by Gasteiger charge is 2.12. The number of pyridine rings is 1. The third-order valence-electron chi connectivity index (χ3n) is 3.19. The smallest absolute Gasteiger partial charge is 0.148 e. The Morgan fingerprint density at radius 2 is 1.78 bits per heavy atom. The van der Waals surface area contributed by atoms with Crippen LogP contribution in [0.15, 0.2) is 6.07 Å². The molecule has 3 N–H and O–H groups in total. The van der Waals surface area contributed by atoms with Gasteiger partial charge < -0.3 is 25.4 Å². The quantitative estimate of drug-likeness (QED) is 0.509. The van der Waals surface area contributed by atoms with E-state index in [0.717, 1.165) is 25.1 Å². The molecule has 7 nitrogen and oxygen atoms in total. The molecule has 128 valence electrons. The molecule has 0 aliphatic rings. The second-order valence-electron chi connectivity index (χ2n) is 5.01. The van der Waals surface area contributed by atoms with Gasteiger partial charge >= 0.3 is 0 Å². The Balaban J connectivity index is 2.95. The van der Waals surface area contributed by atoms with Gasteiger partial charge in [-0.15, -0.1) is 0 Å². The fourth-order valence-electron chi connectivity index (χ4n) is 1.97. The van der Waals surface area contributed by atoms with Gasteiger partial charge in [-0.05, 0) is 6.42 Å². The molecule has 0 spiro atoms. The standard InChI is InChI=1S/C16H27N5O2/c1-4-5-6-20-16-13(12-17)14(18-7-9-22-2)11-15(21-16)19-8-10-23-3/h11H,4-10H2,1-3H3,(H3,18,19,20,21). The van der Waals surface area contributed by atoms with Crippen LogP contribution in [0, 0.1) is 11.3 Å². The number of aromatic nitrogens is 1. The largest absolute Gasteiger partial charge is 0.383 e. The summed E-state index contributed by atoms with van der Waals surface area (Å²) in [5.74, 6) is 1.31. The van der Waals surface area contributed by atoms with Crippen molar-refractivity contribution in [3.8, 4) is 6.07 Å². The highest BCUT2D eigenvalue weighted by Crippen LogP contribution is 2.25. The highest BCUT2D eigenvalue weighted by molar-refractivity contribution is 5.72. The first kappa shape index (κ1) is 19.0. The molecule has 0 aliphatic carbocycles. The van der Waals surface area contributed by atoms with Gasteiger partial charge in [-0.25, -0.2) is 4.98 Å². The number of nitriles is 1. The molecule has 0 amide bonds. The molecule has 0 saturated heterocycles. The lowest BCUT2D eigenvalue weighted by molar-refractivity contribution is 0.210. The first-order chi connectivity index (χ1) is 11.3. The van der Waals surface area contributed by atoms with E-state index in [1.54, 1.807) is 14.2 Å². The van der Waals surface area contributed by atoms with E-state index < -0.39 is 0 Å². The van der Waals surface area contributed by atoms with Crippen molar-refractivity contribution < 1.29 is 9.47 Å². The molecule has 7 heteroatoms. The molecule has 1 aromatic rings. The lowest BCUT2D eigenvalue weighted by atomic mass is 10.2. The van der Waals surface area contributed by atoms with Gasteiger partial charge in [-0.2, -0.15) is 5.26 Å². The van der Waals surface area contributed by atoms with Crippen molar-refractivity contribution in [2.24, 2.45) is 0 Å². The summed E-state index contributed by atoms with van der Waals surface area (Å²) < 4.78 is 10.1. The Morgan fingerprint density at radius 3 is 2.39 bits per heavy atom. The van der Waals surface area contributed by atoms with Crippen molar-refractivity contribution in [1.82, 2.24) is 4.98 Å². The van der Waals surface area contributed by atoms with Crippen molar-refractivity contribution in [3.63, 3.8) is 0 Å². The second kappa shape index (κ2) is 11.5. The van der Waals surface area contributed by atoms with Crippen LogP contribution < -0.4 is 16.0 Å². The molecular weight excluding hydrogens is 294 g/mol. The minimum absolute atomic E-state index is 0.523. The maximum Gasteiger partial charge on any atom is 0.148 e. The fraction of sp³-hybridized carbons (Fsp3) is 0.625. The zero-order chi connectivity index (χ0) is 16.9. The highest BCUT2D eigenvalue weighted by atomic mass is 16.5. The maximum absolute atomic E-state index is 9.48. The number of methoxy groups -OCH3 is 2. The van der Waals surface area contributed by atoms with Gasteiger partial charge in [0.15, 0.2) is 0 Å². The zero-order valence-electron chi connectivity index (χ0n) is 14.2. The lowest BCUT2D eigenvalue weighted by Crippen LogP contribution is -2.14. The molecule has 0 saturated carbocycles. The van der Waals surface area contributed by atoms with Crippen molar-refractivity contribution >= 4 is 17.3 Å². The number of unbranched alkanes of at least 4 members (excludes halogenated alkanes) is 1. The summed E-state index contributed by atoms with van der Waals surface area (Å²) in [6.07, 6.45) is 2.11. The number of nitrogens with zero attached hydrogens (tertiary/aromatic N) is 2. The Hall–Kier alpha value is -2.04. The summed E-state index contributed by atoms with van der Waals surface area (Å²) in [6.45, 7) is 5.35. The van der Waals surface area contributed by atoms with E-state index in [4.69, 9.17) is 9.47 Å². The Bertz CT molecular complexity index is 471. The van der Waals surface area contributed by atoms with Crippen molar-refractivity contribution in [2.45, 2.75) is 19.8 Å². The Labute approximate surface area is 138 Å². The second-order valence-corrected chi connectivity index (χ2v) is 5.01. The summed E-state index contributed by atoms with van der Waals surface area (Å²) in [5, 5.41) is 19.2. The monoisotopic (exact) mass is 321 g/mol. The van der Waals surface area contributed by atoms with E-state index in [1.807, 2.05) is 6.07 Å². The molecule has 0 fully saturated rings. The van der Waals surface area contributed by atoms with Crippen molar-refractivity contribution in [1.29, 1.82) is 5.26 Å². The molecule has 1 aromatic heterocycles. The van der Waals surface area contributed by atoms with Gasteiger partial charge in [0.05, 0.1) is 18.9 Å². The number of anilines is 3. The maximum atomic E-state index is 9.48. The molecule has 1 heterocycles. The first-order valence-electron chi connectivity index (χ1n) is 7.91. The molecule has 0 atom stereocenters. The Morgan fingerprint density at radius 1 is 1.09 bits per heavy atom. The summed E-state index contributed by atoms with van der Waals surface area (Å²) in [4.78, 5) is 4.50. The SMILES string of the molecule is CCCCNc1nc(NCCOC)cc(NCCOC)c1C#N. The summed E-state index contributed by atoms with van der Waals surface area (Å²) >= 11 is 0. The van der Waals surface area contributed by atoms with E-state index in [0.29, 0.717) is 43.5 Å². The minimum Gasteiger partial charge on any atom is -0.383 e. The van der Waals surface area contributed by atoms with Gasteiger partial charge in [0.25, 0.3) is 0 Å². The topological polar surface area (TPSA) is 91.2 Å². The number of rotatable bonds is 12. The van der Waals surface area contributed by atoms with Gasteiger partial charge in [-0.3, -0.25) is 0 Å². The summed E-state index contributed by atoms with van der Waals surface area (Å²) in [7, 11) is 3.30. The molecular formula is C16H27N5O2. The van der Waals surface area contributed by atoms with Gasteiger partial charge in [0.1, 0.15) is 23.3 Å². The number of ether oxygens (including phenoxy) is 2. The molecule has 0 aliphatic heterocycles. The number of nitrogens with one attached hydrogen (secondary N) is 3. The van der Waals surface area contributed by atoms with Crippen LogP contribution >= 0.6 is 0 Å². The predicted octanol–water partition coefficient (Wildman–Crippen LogP) is 2.28. The van der Waals surface area contributed by atoms with Crippen LogP contribution in [-0.4, -0.2) is 52.1 Å². The van der Waals surface area contributed by atoms with Gasteiger partial charge in [-0.1, -0.05) is 13.3 Å². The summed E-state index contributed by atoms with van der Waals surface area (Å²) in [6, 6.07) is 4.07. The molecule has 0 unspecified atom stereocenters. The molecule has 0 bridgehead atoms. The van der Waals surface area contributed by atoms with Crippen LogP contribution in [0.2, 0.25) is 0 Å². The predicted molar refractivity (Wildman–Crippen MR) is 93.1 cm³/mol. The fourth-order valence-corrected chi connectivity index (χ4v) is 1.97. The number of hydrogen-bond donors (Lipinski definition) is 3. The molecule has 1 rings (SSSR count). The van der Waals surface area contributed by atoms with E-state index >= 15 is 0 Å².